The zero-order valence-corrected chi connectivity index (χ0v) is 15.6. The molecule has 0 aromatic heterocycles. The lowest BCUT2D eigenvalue weighted by Crippen LogP contribution is -2.46. The SMILES string of the molecule is CCC1CC2C(=O)C(c3ccc4c(c3)OCCO4)=COC2CC1OC(C)=O. The number of rotatable bonds is 3. The van der Waals surface area contributed by atoms with Crippen LogP contribution < -0.4 is 9.47 Å². The minimum atomic E-state index is -0.286. The first-order valence-electron chi connectivity index (χ1n) is 9.54. The van der Waals surface area contributed by atoms with Gasteiger partial charge in [0.05, 0.1) is 17.8 Å². The summed E-state index contributed by atoms with van der Waals surface area (Å²) in [5, 5.41) is 0. The highest BCUT2D eigenvalue weighted by atomic mass is 16.6. The van der Waals surface area contributed by atoms with Crippen molar-refractivity contribution in [2.45, 2.75) is 45.3 Å². The molecule has 0 radical (unpaired) electrons. The molecule has 27 heavy (non-hydrogen) atoms. The van der Waals surface area contributed by atoms with Gasteiger partial charge in [-0.15, -0.1) is 0 Å². The first-order valence-corrected chi connectivity index (χ1v) is 9.54. The van der Waals surface area contributed by atoms with E-state index in [1.807, 2.05) is 18.2 Å². The maximum absolute atomic E-state index is 13.2. The molecule has 1 fully saturated rings. The zero-order valence-electron chi connectivity index (χ0n) is 15.6. The van der Waals surface area contributed by atoms with Crippen LogP contribution in [0.3, 0.4) is 0 Å². The van der Waals surface area contributed by atoms with E-state index >= 15 is 0 Å². The van der Waals surface area contributed by atoms with Crippen LogP contribution in [0.5, 0.6) is 11.5 Å². The monoisotopic (exact) mass is 372 g/mol. The van der Waals surface area contributed by atoms with Gasteiger partial charge in [0, 0.05) is 13.3 Å². The molecule has 2 aliphatic heterocycles. The van der Waals surface area contributed by atoms with E-state index in [4.69, 9.17) is 18.9 Å². The van der Waals surface area contributed by atoms with Gasteiger partial charge in [0.2, 0.25) is 0 Å². The van der Waals surface area contributed by atoms with E-state index in [2.05, 4.69) is 6.92 Å². The summed E-state index contributed by atoms with van der Waals surface area (Å²) in [7, 11) is 0. The summed E-state index contributed by atoms with van der Waals surface area (Å²) >= 11 is 0. The number of allylic oxidation sites excluding steroid dienone is 1. The quantitative estimate of drug-likeness (QED) is 0.759. The standard InChI is InChI=1S/C21H24O6/c1-3-13-8-15-19(10-18(13)27-12(2)22)26-11-16(21(15)23)14-4-5-17-20(9-14)25-7-6-24-17/h4-5,9,11,13,15,18-19H,3,6-8,10H2,1-2H3. The van der Waals surface area contributed by atoms with E-state index in [0.717, 1.165) is 12.0 Å². The lowest BCUT2D eigenvalue weighted by molar-refractivity contribution is -0.157. The normalized spacial score (nSPS) is 29.3. The van der Waals surface area contributed by atoms with Crippen molar-refractivity contribution in [3.05, 3.63) is 30.0 Å². The van der Waals surface area contributed by atoms with Crippen LogP contribution in [0.1, 0.15) is 38.7 Å². The highest BCUT2D eigenvalue weighted by Crippen LogP contribution is 2.42. The van der Waals surface area contributed by atoms with Crippen LogP contribution >= 0.6 is 0 Å². The van der Waals surface area contributed by atoms with Crippen LogP contribution in [0.25, 0.3) is 5.57 Å². The molecule has 144 valence electrons. The van der Waals surface area contributed by atoms with Crippen LogP contribution in [-0.4, -0.2) is 37.2 Å². The van der Waals surface area contributed by atoms with Gasteiger partial charge in [-0.3, -0.25) is 9.59 Å². The predicted octanol–water partition coefficient (Wildman–Crippen LogP) is 3.13. The van der Waals surface area contributed by atoms with Crippen molar-refractivity contribution in [3.63, 3.8) is 0 Å². The van der Waals surface area contributed by atoms with Gasteiger partial charge >= 0.3 is 5.97 Å². The Bertz CT molecular complexity index is 783. The van der Waals surface area contributed by atoms with Crippen molar-refractivity contribution in [2.24, 2.45) is 11.8 Å². The Morgan fingerprint density at radius 2 is 1.96 bits per heavy atom. The number of esters is 1. The second-order valence-corrected chi connectivity index (χ2v) is 7.32. The minimum Gasteiger partial charge on any atom is -0.496 e. The van der Waals surface area contributed by atoms with Crippen molar-refractivity contribution < 1.29 is 28.5 Å². The smallest absolute Gasteiger partial charge is 0.302 e. The molecule has 1 saturated carbocycles. The van der Waals surface area contributed by atoms with Gasteiger partial charge in [-0.25, -0.2) is 0 Å². The average Bonchev–Trinajstić information content (AvgIpc) is 2.67. The minimum absolute atomic E-state index is 0.0858. The van der Waals surface area contributed by atoms with Gasteiger partial charge in [0.25, 0.3) is 0 Å². The number of Topliss-reactive ketones (excluding diaryl/α,β-unsaturated/α-hetero) is 1. The number of ether oxygens (including phenoxy) is 4. The number of hydrogen-bond donors (Lipinski definition) is 0. The maximum Gasteiger partial charge on any atom is 0.302 e. The van der Waals surface area contributed by atoms with Crippen LogP contribution in [0.15, 0.2) is 24.5 Å². The molecule has 0 saturated heterocycles. The van der Waals surface area contributed by atoms with Gasteiger partial charge in [-0.2, -0.15) is 0 Å². The molecule has 3 aliphatic rings. The van der Waals surface area contributed by atoms with E-state index in [0.29, 0.717) is 43.1 Å². The Morgan fingerprint density at radius 1 is 1.19 bits per heavy atom. The summed E-state index contributed by atoms with van der Waals surface area (Å²) in [5.41, 5.74) is 1.34. The summed E-state index contributed by atoms with van der Waals surface area (Å²) in [4.78, 5) is 24.6. The van der Waals surface area contributed by atoms with Gasteiger partial charge in [0.1, 0.15) is 25.4 Å². The Labute approximate surface area is 158 Å². The van der Waals surface area contributed by atoms with Gasteiger partial charge in [-0.1, -0.05) is 13.0 Å². The Morgan fingerprint density at radius 3 is 2.70 bits per heavy atom. The van der Waals surface area contributed by atoms with Gasteiger partial charge < -0.3 is 18.9 Å². The zero-order chi connectivity index (χ0) is 19.0. The number of benzene rings is 1. The molecule has 0 N–H and O–H groups in total. The molecule has 4 unspecified atom stereocenters. The molecule has 1 aliphatic carbocycles. The number of ketones is 1. The molecule has 0 spiro atoms. The molecule has 2 heterocycles. The summed E-state index contributed by atoms with van der Waals surface area (Å²) in [5.74, 6) is 1.10. The summed E-state index contributed by atoms with van der Waals surface area (Å²) in [6.45, 7) is 4.52. The van der Waals surface area contributed by atoms with E-state index < -0.39 is 0 Å². The summed E-state index contributed by atoms with van der Waals surface area (Å²) in [6, 6.07) is 5.53. The fraction of sp³-hybridized carbons (Fsp3) is 0.524. The van der Waals surface area contributed by atoms with Crippen molar-refractivity contribution in [3.8, 4) is 11.5 Å². The second-order valence-electron chi connectivity index (χ2n) is 7.32. The lowest BCUT2D eigenvalue weighted by Gasteiger charge is -2.41. The van der Waals surface area contributed by atoms with E-state index in [1.165, 1.54) is 6.92 Å². The molecule has 1 aromatic carbocycles. The molecule has 4 rings (SSSR count). The third-order valence-corrected chi connectivity index (χ3v) is 5.65. The van der Waals surface area contributed by atoms with Crippen molar-refractivity contribution >= 4 is 17.3 Å². The van der Waals surface area contributed by atoms with E-state index in [1.54, 1.807) is 6.26 Å². The molecular weight excluding hydrogens is 348 g/mol. The largest absolute Gasteiger partial charge is 0.496 e. The number of carbonyl (C=O) groups is 2. The number of fused-ring (bicyclic) bond motifs is 2. The first-order chi connectivity index (χ1) is 13.1. The third kappa shape index (κ3) is 3.40. The van der Waals surface area contributed by atoms with E-state index in [9.17, 15) is 9.59 Å². The van der Waals surface area contributed by atoms with Crippen LogP contribution in [0.4, 0.5) is 0 Å². The molecule has 1 aromatic rings. The fourth-order valence-electron chi connectivity index (χ4n) is 4.26. The number of hydrogen-bond acceptors (Lipinski definition) is 6. The van der Waals surface area contributed by atoms with Crippen molar-refractivity contribution in [2.75, 3.05) is 13.2 Å². The summed E-state index contributed by atoms with van der Waals surface area (Å²) < 4.78 is 22.6. The molecule has 6 heteroatoms. The molecule has 6 nitrogen and oxygen atoms in total. The van der Waals surface area contributed by atoms with Gasteiger partial charge in [0.15, 0.2) is 17.3 Å². The Kier molecular flexibility index (Phi) is 4.81. The topological polar surface area (TPSA) is 71.1 Å². The van der Waals surface area contributed by atoms with Crippen LogP contribution in [0, 0.1) is 11.8 Å². The third-order valence-electron chi connectivity index (χ3n) is 5.65. The van der Waals surface area contributed by atoms with Crippen LogP contribution in [0.2, 0.25) is 0 Å². The molecule has 4 atom stereocenters. The van der Waals surface area contributed by atoms with Crippen LogP contribution in [-0.2, 0) is 19.1 Å². The van der Waals surface area contributed by atoms with Crippen molar-refractivity contribution in [1.82, 2.24) is 0 Å². The highest BCUT2D eigenvalue weighted by molar-refractivity contribution is 6.22. The predicted molar refractivity (Wildman–Crippen MR) is 97.3 cm³/mol. The molecular formula is C21H24O6. The molecule has 0 amide bonds. The Balaban J connectivity index is 1.57. The highest BCUT2D eigenvalue weighted by Gasteiger charge is 2.45. The maximum atomic E-state index is 13.2. The summed E-state index contributed by atoms with van der Waals surface area (Å²) in [6.07, 6.45) is 3.19. The first kappa shape index (κ1) is 17.9. The fourth-order valence-corrected chi connectivity index (χ4v) is 4.26. The molecule has 0 bridgehead atoms. The second kappa shape index (κ2) is 7.25. The van der Waals surface area contributed by atoms with Crippen molar-refractivity contribution in [1.29, 1.82) is 0 Å². The lowest BCUT2D eigenvalue weighted by atomic mass is 9.72. The van der Waals surface area contributed by atoms with E-state index in [-0.39, 0.29) is 35.8 Å². The Hall–Kier alpha value is -2.50. The average molecular weight is 372 g/mol. The number of carbonyl (C=O) groups excluding carboxylic acids is 2. The van der Waals surface area contributed by atoms with Gasteiger partial charge in [-0.05, 0) is 36.5 Å².